The summed E-state index contributed by atoms with van der Waals surface area (Å²) < 4.78 is 5.81. The number of carbonyl (C=O) groups excluding carboxylic acids is 1. The van der Waals surface area contributed by atoms with Gasteiger partial charge in [-0.15, -0.1) is 6.58 Å². The number of carbonyl (C=O) groups is 1. The highest BCUT2D eigenvalue weighted by molar-refractivity contribution is 6.04. The van der Waals surface area contributed by atoms with Crippen LogP contribution in [0.25, 0.3) is 0 Å². The Morgan fingerprint density at radius 1 is 1.07 bits per heavy atom. The van der Waals surface area contributed by atoms with Gasteiger partial charge in [0.1, 0.15) is 11.4 Å². The fraction of sp³-hybridized carbons (Fsp3) is 0.391. The molecule has 0 unspecified atom stereocenters. The highest BCUT2D eigenvalue weighted by Crippen LogP contribution is 2.20. The number of unbranched alkanes of at least 4 members (excludes halogenated alkanes) is 3. The standard InChI is InChI=1S/C23H31N3O2/c1-4-17-25(2)18-9-5-6-10-19-28-21-14-12-20(13-15-21)26(3)23(27)22-11-7-8-16-24-22/h4,7-8,11-16H,1,5-6,9-10,17-19H2,2-3H3. The minimum atomic E-state index is -0.131. The van der Waals surface area contributed by atoms with Crippen LogP contribution in [0.2, 0.25) is 0 Å². The number of likely N-dealkylation sites (N-methyl/N-ethyl adjacent to an activating group) is 1. The summed E-state index contributed by atoms with van der Waals surface area (Å²) in [6, 6.07) is 12.9. The highest BCUT2D eigenvalue weighted by atomic mass is 16.5. The number of benzene rings is 1. The zero-order valence-electron chi connectivity index (χ0n) is 17.0. The van der Waals surface area contributed by atoms with E-state index in [1.165, 1.54) is 19.3 Å². The Labute approximate surface area is 168 Å². The molecule has 28 heavy (non-hydrogen) atoms. The van der Waals surface area contributed by atoms with Gasteiger partial charge in [-0.05, 0) is 62.8 Å². The van der Waals surface area contributed by atoms with E-state index in [9.17, 15) is 4.79 Å². The fourth-order valence-electron chi connectivity index (χ4n) is 2.88. The van der Waals surface area contributed by atoms with Gasteiger partial charge < -0.3 is 14.5 Å². The number of rotatable bonds is 12. The van der Waals surface area contributed by atoms with Crippen molar-refractivity contribution >= 4 is 11.6 Å². The number of pyridine rings is 1. The van der Waals surface area contributed by atoms with E-state index in [1.54, 1.807) is 30.3 Å². The molecule has 0 spiro atoms. The second-order valence-electron chi connectivity index (χ2n) is 6.89. The Hall–Kier alpha value is -2.66. The van der Waals surface area contributed by atoms with Crippen molar-refractivity contribution in [3.8, 4) is 5.75 Å². The lowest BCUT2D eigenvalue weighted by molar-refractivity contribution is 0.0988. The second-order valence-corrected chi connectivity index (χ2v) is 6.89. The molecule has 5 heteroatoms. The van der Waals surface area contributed by atoms with Crippen molar-refractivity contribution in [1.29, 1.82) is 0 Å². The van der Waals surface area contributed by atoms with Crippen molar-refractivity contribution in [1.82, 2.24) is 9.88 Å². The van der Waals surface area contributed by atoms with E-state index in [4.69, 9.17) is 4.74 Å². The first-order chi connectivity index (χ1) is 13.6. The molecule has 0 saturated carbocycles. The molecule has 1 aromatic heterocycles. The summed E-state index contributed by atoms with van der Waals surface area (Å²) in [5.41, 5.74) is 1.24. The van der Waals surface area contributed by atoms with Crippen LogP contribution in [0, 0.1) is 0 Å². The molecule has 2 aromatic rings. The maximum absolute atomic E-state index is 12.4. The van der Waals surface area contributed by atoms with Crippen molar-refractivity contribution in [2.75, 3.05) is 38.7 Å². The van der Waals surface area contributed by atoms with E-state index < -0.39 is 0 Å². The third-order valence-corrected chi connectivity index (χ3v) is 4.56. The number of hydrogen-bond donors (Lipinski definition) is 0. The molecule has 0 N–H and O–H groups in total. The summed E-state index contributed by atoms with van der Waals surface area (Å²) in [5, 5.41) is 0. The molecule has 5 nitrogen and oxygen atoms in total. The Balaban J connectivity index is 1.68. The summed E-state index contributed by atoms with van der Waals surface area (Å²) in [6.07, 6.45) is 8.19. The third kappa shape index (κ3) is 7.16. The van der Waals surface area contributed by atoms with Crippen LogP contribution in [0.4, 0.5) is 5.69 Å². The molecular formula is C23H31N3O2. The molecule has 0 radical (unpaired) electrons. The molecule has 1 aromatic carbocycles. The molecule has 0 aliphatic rings. The summed E-state index contributed by atoms with van der Waals surface area (Å²) in [7, 11) is 3.87. The lowest BCUT2D eigenvalue weighted by Crippen LogP contribution is -2.26. The lowest BCUT2D eigenvalue weighted by Gasteiger charge is -2.17. The predicted molar refractivity (Wildman–Crippen MR) is 115 cm³/mol. The van der Waals surface area contributed by atoms with Gasteiger partial charge in [-0.3, -0.25) is 9.78 Å². The van der Waals surface area contributed by atoms with Crippen LogP contribution in [0.5, 0.6) is 5.75 Å². The molecule has 1 heterocycles. The Morgan fingerprint density at radius 3 is 2.50 bits per heavy atom. The van der Waals surface area contributed by atoms with Gasteiger partial charge in [0.15, 0.2) is 0 Å². The molecule has 0 fully saturated rings. The topological polar surface area (TPSA) is 45.7 Å². The van der Waals surface area contributed by atoms with Gasteiger partial charge in [0, 0.05) is 25.5 Å². The Kier molecular flexibility index (Phi) is 9.22. The number of anilines is 1. The van der Waals surface area contributed by atoms with Crippen molar-refractivity contribution in [3.63, 3.8) is 0 Å². The molecule has 150 valence electrons. The van der Waals surface area contributed by atoms with Crippen LogP contribution in [-0.4, -0.2) is 49.6 Å². The minimum Gasteiger partial charge on any atom is -0.494 e. The molecular weight excluding hydrogens is 350 g/mol. The average Bonchev–Trinajstić information content (AvgIpc) is 2.73. The van der Waals surface area contributed by atoms with Crippen molar-refractivity contribution in [3.05, 3.63) is 67.0 Å². The Bertz CT molecular complexity index is 716. The molecule has 1 amide bonds. The monoisotopic (exact) mass is 381 g/mol. The number of aromatic nitrogens is 1. The second kappa shape index (κ2) is 11.9. The largest absolute Gasteiger partial charge is 0.494 e. The fourth-order valence-corrected chi connectivity index (χ4v) is 2.88. The highest BCUT2D eigenvalue weighted by Gasteiger charge is 2.14. The molecule has 0 atom stereocenters. The molecule has 2 rings (SSSR count). The van der Waals surface area contributed by atoms with E-state index in [-0.39, 0.29) is 5.91 Å². The molecule has 0 bridgehead atoms. The van der Waals surface area contributed by atoms with Crippen molar-refractivity contribution < 1.29 is 9.53 Å². The van der Waals surface area contributed by atoms with Gasteiger partial charge in [0.05, 0.1) is 6.61 Å². The zero-order chi connectivity index (χ0) is 20.2. The smallest absolute Gasteiger partial charge is 0.276 e. The third-order valence-electron chi connectivity index (χ3n) is 4.56. The first kappa shape index (κ1) is 21.6. The summed E-state index contributed by atoms with van der Waals surface area (Å²) in [6.45, 7) is 6.52. The zero-order valence-corrected chi connectivity index (χ0v) is 17.0. The molecule has 0 saturated heterocycles. The van der Waals surface area contributed by atoms with Crippen LogP contribution in [0.3, 0.4) is 0 Å². The van der Waals surface area contributed by atoms with Crippen LogP contribution in [0.1, 0.15) is 36.2 Å². The first-order valence-corrected chi connectivity index (χ1v) is 9.83. The van der Waals surface area contributed by atoms with Gasteiger partial charge in [-0.25, -0.2) is 0 Å². The van der Waals surface area contributed by atoms with Gasteiger partial charge in [-0.1, -0.05) is 25.0 Å². The van der Waals surface area contributed by atoms with E-state index >= 15 is 0 Å². The summed E-state index contributed by atoms with van der Waals surface area (Å²) in [5.74, 6) is 0.696. The number of hydrogen-bond acceptors (Lipinski definition) is 4. The van der Waals surface area contributed by atoms with Crippen LogP contribution < -0.4 is 9.64 Å². The van der Waals surface area contributed by atoms with Gasteiger partial charge >= 0.3 is 0 Å². The predicted octanol–water partition coefficient (Wildman–Crippen LogP) is 4.42. The number of nitrogens with zero attached hydrogens (tertiary/aromatic N) is 3. The van der Waals surface area contributed by atoms with Crippen LogP contribution >= 0.6 is 0 Å². The van der Waals surface area contributed by atoms with Gasteiger partial charge in [-0.2, -0.15) is 0 Å². The average molecular weight is 382 g/mol. The maximum Gasteiger partial charge on any atom is 0.276 e. The summed E-state index contributed by atoms with van der Waals surface area (Å²) >= 11 is 0. The quantitative estimate of drug-likeness (QED) is 0.403. The van der Waals surface area contributed by atoms with Gasteiger partial charge in [0.2, 0.25) is 0 Å². The van der Waals surface area contributed by atoms with Crippen molar-refractivity contribution in [2.24, 2.45) is 0 Å². The van der Waals surface area contributed by atoms with Crippen LogP contribution in [-0.2, 0) is 0 Å². The summed E-state index contributed by atoms with van der Waals surface area (Å²) in [4.78, 5) is 20.4. The van der Waals surface area contributed by atoms with E-state index in [2.05, 4.69) is 23.5 Å². The van der Waals surface area contributed by atoms with E-state index in [0.717, 1.165) is 30.9 Å². The normalized spacial score (nSPS) is 10.7. The van der Waals surface area contributed by atoms with Crippen LogP contribution in [0.15, 0.2) is 61.3 Å². The minimum absolute atomic E-state index is 0.131. The SMILES string of the molecule is C=CCN(C)CCCCCCOc1ccc(N(C)C(=O)c2ccccn2)cc1. The molecule has 0 aliphatic heterocycles. The van der Waals surface area contributed by atoms with E-state index in [1.807, 2.05) is 36.4 Å². The number of amides is 1. The Morgan fingerprint density at radius 2 is 1.82 bits per heavy atom. The maximum atomic E-state index is 12.4. The van der Waals surface area contributed by atoms with Crippen molar-refractivity contribution in [2.45, 2.75) is 25.7 Å². The lowest BCUT2D eigenvalue weighted by atomic mass is 10.2. The first-order valence-electron chi connectivity index (χ1n) is 9.83. The molecule has 0 aliphatic carbocycles. The van der Waals surface area contributed by atoms with Gasteiger partial charge in [0.25, 0.3) is 5.91 Å². The van der Waals surface area contributed by atoms with E-state index in [0.29, 0.717) is 12.3 Å². The number of ether oxygens (including phenoxy) is 1.